The van der Waals surface area contributed by atoms with Crippen LogP contribution in [-0.4, -0.2) is 4.98 Å². The van der Waals surface area contributed by atoms with Gasteiger partial charge < -0.3 is 0 Å². The minimum atomic E-state index is 1.00. The Balaban J connectivity index is 2.74. The SMILES string of the molecule is [c]1cnc2cccccc1-2. The van der Waals surface area contributed by atoms with Crippen molar-refractivity contribution in [3.05, 3.63) is 42.6 Å². The Morgan fingerprint density at radius 1 is 1.10 bits per heavy atom. The minimum absolute atomic E-state index is 1.00. The molecule has 1 aliphatic heterocycles. The molecule has 1 nitrogen and oxygen atoms in total. The summed E-state index contributed by atoms with van der Waals surface area (Å²) >= 11 is 0. The lowest BCUT2D eigenvalue weighted by molar-refractivity contribution is 1.42. The fourth-order valence-corrected chi connectivity index (χ4v) is 0.944. The molecule has 0 spiro atoms. The van der Waals surface area contributed by atoms with Crippen LogP contribution in [0.3, 0.4) is 0 Å². The molecule has 0 unspecified atom stereocenters. The fraction of sp³-hybridized carbons (Fsp3) is 0. The first kappa shape index (κ1) is 5.42. The highest BCUT2D eigenvalue weighted by atomic mass is 14.7. The van der Waals surface area contributed by atoms with Gasteiger partial charge in [-0.25, -0.2) is 0 Å². The van der Waals surface area contributed by atoms with Crippen LogP contribution < -0.4 is 0 Å². The Morgan fingerprint density at radius 3 is 3.00 bits per heavy atom. The van der Waals surface area contributed by atoms with Gasteiger partial charge in [0, 0.05) is 17.8 Å². The van der Waals surface area contributed by atoms with Crippen LogP contribution in [0.4, 0.5) is 0 Å². The van der Waals surface area contributed by atoms with Crippen LogP contribution in [-0.2, 0) is 0 Å². The Kier molecular flexibility index (Phi) is 1.14. The van der Waals surface area contributed by atoms with Crippen LogP contribution in [0.2, 0.25) is 0 Å². The average molecular weight is 128 g/mol. The van der Waals surface area contributed by atoms with E-state index in [9.17, 15) is 0 Å². The maximum atomic E-state index is 4.10. The summed E-state index contributed by atoms with van der Waals surface area (Å²) in [6.45, 7) is 0. The number of nitrogens with zero attached hydrogens (tertiary/aromatic N) is 1. The summed E-state index contributed by atoms with van der Waals surface area (Å²) in [5, 5.41) is 0. The molecule has 2 aliphatic rings. The zero-order valence-electron chi connectivity index (χ0n) is 5.41. The van der Waals surface area contributed by atoms with Gasteiger partial charge in [0.15, 0.2) is 0 Å². The third kappa shape index (κ3) is 0.760. The van der Waals surface area contributed by atoms with Gasteiger partial charge in [0.2, 0.25) is 0 Å². The lowest BCUT2D eigenvalue weighted by Gasteiger charge is -1.83. The number of aromatic nitrogens is 1. The third-order valence-corrected chi connectivity index (χ3v) is 1.44. The molecule has 2 rings (SSSR count). The van der Waals surface area contributed by atoms with Crippen molar-refractivity contribution in [2.75, 3.05) is 0 Å². The van der Waals surface area contributed by atoms with Crippen LogP contribution >= 0.6 is 0 Å². The van der Waals surface area contributed by atoms with E-state index in [1.807, 2.05) is 30.3 Å². The summed E-state index contributed by atoms with van der Waals surface area (Å²) in [4.78, 5) is 4.10. The van der Waals surface area contributed by atoms with E-state index >= 15 is 0 Å². The summed E-state index contributed by atoms with van der Waals surface area (Å²) in [6, 6.07) is 13.0. The summed E-state index contributed by atoms with van der Waals surface area (Å²) < 4.78 is 0. The van der Waals surface area contributed by atoms with E-state index in [0.717, 1.165) is 11.3 Å². The molecule has 0 bridgehead atoms. The van der Waals surface area contributed by atoms with Crippen molar-refractivity contribution < 1.29 is 0 Å². The van der Waals surface area contributed by atoms with Gasteiger partial charge in [-0.2, -0.15) is 0 Å². The van der Waals surface area contributed by atoms with Gasteiger partial charge in [0.1, 0.15) is 0 Å². The monoisotopic (exact) mass is 128 g/mol. The lowest BCUT2D eigenvalue weighted by atomic mass is 10.2. The van der Waals surface area contributed by atoms with Crippen molar-refractivity contribution >= 4 is 0 Å². The Morgan fingerprint density at radius 2 is 2.00 bits per heavy atom. The zero-order valence-corrected chi connectivity index (χ0v) is 5.41. The molecule has 1 radical (unpaired) electrons. The van der Waals surface area contributed by atoms with Gasteiger partial charge in [-0.3, -0.25) is 4.98 Å². The van der Waals surface area contributed by atoms with Crippen molar-refractivity contribution in [2.45, 2.75) is 0 Å². The zero-order chi connectivity index (χ0) is 6.81. The highest BCUT2D eigenvalue weighted by Gasteiger charge is 1.97. The molecule has 1 heteroatoms. The van der Waals surface area contributed by atoms with Crippen molar-refractivity contribution in [2.24, 2.45) is 0 Å². The molecule has 0 aromatic rings. The third-order valence-electron chi connectivity index (χ3n) is 1.44. The normalized spacial score (nSPS) is 10.0. The average Bonchev–Trinajstić information content (AvgIpc) is 2.28. The van der Waals surface area contributed by atoms with Gasteiger partial charge >= 0.3 is 0 Å². The number of fused-ring (bicyclic) bond motifs is 1. The van der Waals surface area contributed by atoms with E-state index < -0.39 is 0 Å². The molecule has 0 atom stereocenters. The van der Waals surface area contributed by atoms with E-state index in [0.29, 0.717) is 0 Å². The second kappa shape index (κ2) is 2.10. The van der Waals surface area contributed by atoms with E-state index in [4.69, 9.17) is 0 Å². The predicted octanol–water partition coefficient (Wildman–Crippen LogP) is 1.99. The molecule has 0 saturated carbocycles. The molecule has 1 aliphatic carbocycles. The first-order chi connectivity index (χ1) is 4.97. The second-order valence-electron chi connectivity index (χ2n) is 2.11. The molecule has 0 aromatic carbocycles. The summed E-state index contributed by atoms with van der Waals surface area (Å²) in [7, 11) is 0. The maximum absolute atomic E-state index is 4.10. The van der Waals surface area contributed by atoms with Gasteiger partial charge in [-0.1, -0.05) is 24.3 Å². The minimum Gasteiger partial charge on any atom is -0.256 e. The van der Waals surface area contributed by atoms with Crippen molar-refractivity contribution in [3.63, 3.8) is 0 Å². The fourth-order valence-electron chi connectivity index (χ4n) is 0.944. The van der Waals surface area contributed by atoms with Gasteiger partial charge in [-0.05, 0) is 6.07 Å². The smallest absolute Gasteiger partial charge is 0.0709 e. The number of hydrogen-bond donors (Lipinski definition) is 0. The molecular formula is C9H6N. The van der Waals surface area contributed by atoms with Gasteiger partial charge in [0.05, 0.1) is 5.69 Å². The molecular weight excluding hydrogens is 122 g/mol. The Bertz CT molecular complexity index is 276. The van der Waals surface area contributed by atoms with Crippen LogP contribution in [0.15, 0.2) is 36.5 Å². The van der Waals surface area contributed by atoms with Gasteiger partial charge in [-0.15, -0.1) is 0 Å². The van der Waals surface area contributed by atoms with E-state index in [1.54, 1.807) is 6.20 Å². The number of hydrogen-bond acceptors (Lipinski definition) is 1. The van der Waals surface area contributed by atoms with Crippen molar-refractivity contribution in [3.8, 4) is 11.3 Å². The molecule has 0 aromatic heterocycles. The highest BCUT2D eigenvalue weighted by Crippen LogP contribution is 2.15. The molecule has 0 amide bonds. The van der Waals surface area contributed by atoms with Crippen LogP contribution in [0.5, 0.6) is 0 Å². The quantitative estimate of drug-likeness (QED) is 0.528. The van der Waals surface area contributed by atoms with Crippen LogP contribution in [0, 0.1) is 6.07 Å². The van der Waals surface area contributed by atoms with E-state index in [-0.39, 0.29) is 0 Å². The van der Waals surface area contributed by atoms with Crippen molar-refractivity contribution in [1.29, 1.82) is 0 Å². The van der Waals surface area contributed by atoms with Crippen LogP contribution in [0.25, 0.3) is 11.3 Å². The van der Waals surface area contributed by atoms with Gasteiger partial charge in [0.25, 0.3) is 0 Å². The van der Waals surface area contributed by atoms with Crippen LogP contribution in [0.1, 0.15) is 0 Å². The van der Waals surface area contributed by atoms with E-state index in [2.05, 4.69) is 11.1 Å². The highest BCUT2D eigenvalue weighted by molar-refractivity contribution is 5.58. The Labute approximate surface area is 59.7 Å². The second-order valence-corrected chi connectivity index (χ2v) is 2.11. The topological polar surface area (TPSA) is 12.9 Å². The molecule has 0 saturated heterocycles. The molecule has 47 valence electrons. The molecule has 0 N–H and O–H groups in total. The number of rotatable bonds is 0. The summed E-state index contributed by atoms with van der Waals surface area (Å²) in [5.74, 6) is 0. The first-order valence-electron chi connectivity index (χ1n) is 3.18. The van der Waals surface area contributed by atoms with E-state index in [1.165, 1.54) is 0 Å². The largest absolute Gasteiger partial charge is 0.256 e. The molecule has 10 heavy (non-hydrogen) atoms. The maximum Gasteiger partial charge on any atom is 0.0709 e. The molecule has 1 heterocycles. The Hall–Kier alpha value is -1.37. The first-order valence-corrected chi connectivity index (χ1v) is 3.18. The standard InChI is InChI=1S/C9H6N/c1-2-4-8-6-7-10-9(8)5-3-1/h1-5,7H. The predicted molar refractivity (Wildman–Crippen MR) is 39.7 cm³/mol. The van der Waals surface area contributed by atoms with Crippen molar-refractivity contribution in [1.82, 2.24) is 4.98 Å². The summed E-state index contributed by atoms with van der Waals surface area (Å²) in [5.41, 5.74) is 2.08. The molecule has 0 fully saturated rings. The lowest BCUT2D eigenvalue weighted by Crippen LogP contribution is -1.65. The summed E-state index contributed by atoms with van der Waals surface area (Å²) in [6.07, 6.45) is 1.70.